The van der Waals surface area contributed by atoms with Crippen LogP contribution >= 0.6 is 0 Å². The lowest BCUT2D eigenvalue weighted by atomic mass is 9.44. The fraction of sp³-hybridized carbons (Fsp3) is 0.231. The van der Waals surface area contributed by atoms with E-state index >= 15 is 0 Å². The Labute approximate surface area is 173 Å². The van der Waals surface area contributed by atoms with Crippen molar-refractivity contribution < 1.29 is 9.47 Å². The van der Waals surface area contributed by atoms with E-state index < -0.39 is 0 Å². The van der Waals surface area contributed by atoms with Gasteiger partial charge in [0.15, 0.2) is 6.71 Å². The van der Waals surface area contributed by atoms with Gasteiger partial charge in [0.2, 0.25) is 0 Å². The fourth-order valence-electron chi connectivity index (χ4n) is 4.34. The molecule has 0 unspecified atom stereocenters. The summed E-state index contributed by atoms with van der Waals surface area (Å²) in [6.07, 6.45) is 2.39. The molecule has 0 bridgehead atoms. The van der Waals surface area contributed by atoms with E-state index in [9.17, 15) is 0 Å². The molecule has 0 saturated carbocycles. The Bertz CT molecular complexity index is 1170. The molecule has 4 aromatic carbocycles. The average molecular weight is 382 g/mol. The molecule has 0 atom stereocenters. The molecule has 0 fully saturated rings. The van der Waals surface area contributed by atoms with Gasteiger partial charge in [0, 0.05) is 11.1 Å². The third kappa shape index (κ3) is 3.46. The standard InChI is InChI=1S/C26H27BO2/c1-5-16-27(2)20-12-13-22-19(17-20)11-15-24(29-4)26(22)25-21-9-7-6-8-18(21)10-14-23(25)28-3/h6-15,17H,5,16H2,1-4H3. The Morgan fingerprint density at radius 1 is 0.724 bits per heavy atom. The summed E-state index contributed by atoms with van der Waals surface area (Å²) in [6, 6.07) is 23.7. The second kappa shape index (κ2) is 8.20. The third-order valence-electron chi connectivity index (χ3n) is 5.88. The summed E-state index contributed by atoms with van der Waals surface area (Å²) >= 11 is 0. The summed E-state index contributed by atoms with van der Waals surface area (Å²) in [4.78, 5) is 0. The monoisotopic (exact) mass is 382 g/mol. The highest BCUT2D eigenvalue weighted by molar-refractivity contribution is 6.72. The highest BCUT2D eigenvalue weighted by atomic mass is 16.5. The molecule has 0 saturated heterocycles. The summed E-state index contributed by atoms with van der Waals surface area (Å²) < 4.78 is 11.6. The number of hydrogen-bond acceptors (Lipinski definition) is 2. The van der Waals surface area contributed by atoms with Crippen molar-refractivity contribution >= 4 is 33.7 Å². The van der Waals surface area contributed by atoms with Gasteiger partial charge in [-0.1, -0.05) is 86.5 Å². The van der Waals surface area contributed by atoms with Crippen molar-refractivity contribution in [3.63, 3.8) is 0 Å². The van der Waals surface area contributed by atoms with Crippen LogP contribution in [-0.4, -0.2) is 20.9 Å². The molecule has 0 aliphatic rings. The summed E-state index contributed by atoms with van der Waals surface area (Å²) in [6.45, 7) is 5.11. The molecular weight excluding hydrogens is 355 g/mol. The Balaban J connectivity index is 2.04. The van der Waals surface area contributed by atoms with Crippen molar-refractivity contribution in [1.82, 2.24) is 0 Å². The average Bonchev–Trinajstić information content (AvgIpc) is 2.77. The minimum atomic E-state index is 0.557. The minimum Gasteiger partial charge on any atom is -0.496 e. The van der Waals surface area contributed by atoms with Crippen LogP contribution in [0.15, 0.2) is 66.7 Å². The van der Waals surface area contributed by atoms with Gasteiger partial charge in [-0.15, -0.1) is 0 Å². The largest absolute Gasteiger partial charge is 0.496 e. The van der Waals surface area contributed by atoms with Crippen LogP contribution in [0.3, 0.4) is 0 Å². The first-order chi connectivity index (χ1) is 14.2. The van der Waals surface area contributed by atoms with E-state index in [-0.39, 0.29) is 0 Å². The van der Waals surface area contributed by atoms with E-state index in [1.165, 1.54) is 39.7 Å². The first kappa shape index (κ1) is 19.4. The molecule has 0 aliphatic carbocycles. The van der Waals surface area contributed by atoms with Crippen LogP contribution in [0.5, 0.6) is 11.5 Å². The summed E-state index contributed by atoms with van der Waals surface area (Å²) in [5.41, 5.74) is 3.57. The second-order valence-electron chi connectivity index (χ2n) is 7.68. The number of hydrogen-bond donors (Lipinski definition) is 0. The predicted octanol–water partition coefficient (Wildman–Crippen LogP) is 6.42. The van der Waals surface area contributed by atoms with Crippen molar-refractivity contribution in [2.45, 2.75) is 26.5 Å². The van der Waals surface area contributed by atoms with Crippen molar-refractivity contribution in [2.24, 2.45) is 0 Å². The fourth-order valence-corrected chi connectivity index (χ4v) is 4.34. The highest BCUT2D eigenvalue weighted by Gasteiger charge is 2.19. The topological polar surface area (TPSA) is 18.5 Å². The number of methoxy groups -OCH3 is 2. The zero-order valence-corrected chi connectivity index (χ0v) is 17.7. The van der Waals surface area contributed by atoms with Gasteiger partial charge in [0.1, 0.15) is 11.5 Å². The van der Waals surface area contributed by atoms with Crippen LogP contribution < -0.4 is 14.9 Å². The molecule has 0 aromatic heterocycles. The van der Waals surface area contributed by atoms with Gasteiger partial charge in [-0.3, -0.25) is 0 Å². The van der Waals surface area contributed by atoms with Crippen molar-refractivity contribution in [3.05, 3.63) is 66.7 Å². The Morgan fingerprint density at radius 3 is 2.00 bits per heavy atom. The van der Waals surface area contributed by atoms with Crippen molar-refractivity contribution in [3.8, 4) is 22.6 Å². The first-order valence-electron chi connectivity index (χ1n) is 10.3. The van der Waals surface area contributed by atoms with E-state index in [1.807, 2.05) is 6.07 Å². The molecule has 0 radical (unpaired) electrons. The lowest BCUT2D eigenvalue weighted by molar-refractivity contribution is 0.411. The minimum absolute atomic E-state index is 0.557. The highest BCUT2D eigenvalue weighted by Crippen LogP contribution is 2.45. The van der Waals surface area contributed by atoms with Crippen LogP contribution in [0.1, 0.15) is 13.3 Å². The third-order valence-corrected chi connectivity index (χ3v) is 5.88. The summed E-state index contributed by atoms with van der Waals surface area (Å²) in [7, 11) is 3.47. The van der Waals surface area contributed by atoms with E-state index in [1.54, 1.807) is 14.2 Å². The number of ether oxygens (including phenoxy) is 2. The normalized spacial score (nSPS) is 11.0. The van der Waals surface area contributed by atoms with Gasteiger partial charge in [-0.2, -0.15) is 0 Å². The lowest BCUT2D eigenvalue weighted by Gasteiger charge is -2.18. The lowest BCUT2D eigenvalue weighted by Crippen LogP contribution is -2.25. The van der Waals surface area contributed by atoms with E-state index in [2.05, 4.69) is 74.4 Å². The summed E-state index contributed by atoms with van der Waals surface area (Å²) in [5, 5.41) is 4.78. The maximum atomic E-state index is 5.82. The molecule has 0 spiro atoms. The first-order valence-corrected chi connectivity index (χ1v) is 10.3. The molecule has 0 N–H and O–H groups in total. The van der Waals surface area contributed by atoms with Gasteiger partial charge >= 0.3 is 0 Å². The van der Waals surface area contributed by atoms with Crippen LogP contribution in [-0.2, 0) is 0 Å². The zero-order valence-electron chi connectivity index (χ0n) is 17.7. The van der Waals surface area contributed by atoms with Crippen LogP contribution in [0.4, 0.5) is 0 Å². The van der Waals surface area contributed by atoms with E-state index in [0.29, 0.717) is 6.71 Å². The molecule has 0 amide bonds. The van der Waals surface area contributed by atoms with Gasteiger partial charge in [0.05, 0.1) is 14.2 Å². The van der Waals surface area contributed by atoms with Gasteiger partial charge in [0.25, 0.3) is 0 Å². The molecule has 0 heterocycles. The smallest absolute Gasteiger partial charge is 0.172 e. The van der Waals surface area contributed by atoms with E-state index in [0.717, 1.165) is 22.6 Å². The molecule has 4 rings (SSSR count). The maximum Gasteiger partial charge on any atom is 0.172 e. The SMILES string of the molecule is CCCB(C)c1ccc2c(-c3c(OC)ccc4ccccc34)c(OC)ccc2c1. The number of rotatable bonds is 6. The molecule has 3 heteroatoms. The summed E-state index contributed by atoms with van der Waals surface area (Å²) in [5.74, 6) is 1.72. The van der Waals surface area contributed by atoms with Crippen LogP contribution in [0.2, 0.25) is 13.1 Å². The van der Waals surface area contributed by atoms with Gasteiger partial charge < -0.3 is 9.47 Å². The van der Waals surface area contributed by atoms with Gasteiger partial charge in [-0.25, -0.2) is 0 Å². The van der Waals surface area contributed by atoms with Crippen molar-refractivity contribution in [2.75, 3.05) is 14.2 Å². The van der Waals surface area contributed by atoms with Crippen LogP contribution in [0.25, 0.3) is 32.7 Å². The Kier molecular flexibility index (Phi) is 5.48. The molecule has 0 aliphatic heterocycles. The zero-order chi connectivity index (χ0) is 20.4. The quantitative estimate of drug-likeness (QED) is 0.358. The van der Waals surface area contributed by atoms with Crippen molar-refractivity contribution in [1.29, 1.82) is 0 Å². The molecule has 4 aromatic rings. The molecule has 29 heavy (non-hydrogen) atoms. The molecule has 146 valence electrons. The van der Waals surface area contributed by atoms with E-state index in [4.69, 9.17) is 9.47 Å². The predicted molar refractivity (Wildman–Crippen MR) is 126 cm³/mol. The van der Waals surface area contributed by atoms with Gasteiger partial charge in [-0.05, 0) is 33.7 Å². The van der Waals surface area contributed by atoms with Crippen LogP contribution in [0, 0.1) is 0 Å². The number of benzene rings is 4. The molecular formula is C26H27BO2. The second-order valence-corrected chi connectivity index (χ2v) is 7.68. The maximum absolute atomic E-state index is 5.82. The Hall–Kier alpha value is -2.94. The molecule has 2 nitrogen and oxygen atoms in total. The number of fused-ring (bicyclic) bond motifs is 2. The Morgan fingerprint density at radius 2 is 1.34 bits per heavy atom.